The van der Waals surface area contributed by atoms with Gasteiger partial charge >= 0.3 is 0 Å². The van der Waals surface area contributed by atoms with Crippen molar-refractivity contribution >= 4 is 10.0 Å². The van der Waals surface area contributed by atoms with E-state index in [-0.39, 0.29) is 29.9 Å². The van der Waals surface area contributed by atoms with Crippen LogP contribution in [0, 0.1) is 12.7 Å². The summed E-state index contributed by atoms with van der Waals surface area (Å²) in [6.07, 6.45) is 1.97. The van der Waals surface area contributed by atoms with Gasteiger partial charge in [-0.05, 0) is 92.4 Å². The fourth-order valence-corrected chi connectivity index (χ4v) is 6.35. The van der Waals surface area contributed by atoms with Gasteiger partial charge in [0.25, 0.3) is 0 Å². The summed E-state index contributed by atoms with van der Waals surface area (Å²) >= 11 is 0. The summed E-state index contributed by atoms with van der Waals surface area (Å²) in [5.74, 6) is 1.16. The van der Waals surface area contributed by atoms with Crippen LogP contribution in [-0.4, -0.2) is 48.9 Å². The molecule has 0 aliphatic carbocycles. The second-order valence-electron chi connectivity index (χ2n) is 10.00. The van der Waals surface area contributed by atoms with Crippen molar-refractivity contribution in [3.05, 3.63) is 95.4 Å². The van der Waals surface area contributed by atoms with Gasteiger partial charge in [-0.3, -0.25) is 0 Å². The van der Waals surface area contributed by atoms with Crippen molar-refractivity contribution in [1.29, 1.82) is 0 Å². The lowest BCUT2D eigenvalue weighted by Crippen LogP contribution is -2.37. The molecule has 1 aliphatic rings. The SMILES string of the molecule is CCc1nn(-c2ccc(F)cc2)c(Oc2cccc(C)c2)c1CN(CC1CCCO1)S(=O)(=O)c1ccc(OC)cc1. The summed E-state index contributed by atoms with van der Waals surface area (Å²) in [7, 11) is -2.40. The zero-order valence-electron chi connectivity index (χ0n) is 23.4. The second-order valence-corrected chi connectivity index (χ2v) is 11.9. The van der Waals surface area contributed by atoms with Crippen molar-refractivity contribution in [3.63, 3.8) is 0 Å². The van der Waals surface area contributed by atoms with Crippen molar-refractivity contribution in [2.75, 3.05) is 20.3 Å². The number of rotatable bonds is 11. The minimum atomic E-state index is -3.94. The Bertz CT molecular complexity index is 1580. The molecule has 1 fully saturated rings. The predicted molar refractivity (Wildman–Crippen MR) is 154 cm³/mol. The van der Waals surface area contributed by atoms with Gasteiger partial charge in [-0.1, -0.05) is 19.1 Å². The molecule has 0 amide bonds. The van der Waals surface area contributed by atoms with Crippen molar-refractivity contribution in [3.8, 4) is 23.1 Å². The van der Waals surface area contributed by atoms with E-state index in [1.165, 1.54) is 23.5 Å². The van der Waals surface area contributed by atoms with Gasteiger partial charge in [0.1, 0.15) is 17.3 Å². The quantitative estimate of drug-likeness (QED) is 0.215. The summed E-state index contributed by atoms with van der Waals surface area (Å²) in [6.45, 7) is 4.72. The van der Waals surface area contributed by atoms with Gasteiger partial charge in [0.2, 0.25) is 15.9 Å². The number of benzene rings is 3. The lowest BCUT2D eigenvalue weighted by Gasteiger charge is -2.25. The van der Waals surface area contributed by atoms with Crippen LogP contribution in [0.3, 0.4) is 0 Å². The topological polar surface area (TPSA) is 82.9 Å². The van der Waals surface area contributed by atoms with Crippen LogP contribution in [0.25, 0.3) is 5.69 Å². The van der Waals surface area contributed by atoms with E-state index in [4.69, 9.17) is 19.3 Å². The van der Waals surface area contributed by atoms with E-state index in [2.05, 4.69) is 0 Å². The molecular weight excluding hydrogens is 545 g/mol. The molecule has 5 rings (SSSR count). The summed E-state index contributed by atoms with van der Waals surface area (Å²) in [5, 5.41) is 4.81. The van der Waals surface area contributed by atoms with Gasteiger partial charge in [0.05, 0.1) is 35.1 Å². The van der Waals surface area contributed by atoms with Crippen molar-refractivity contribution < 1.29 is 27.0 Å². The highest BCUT2D eigenvalue weighted by Gasteiger charge is 2.32. The Hall–Kier alpha value is -3.73. The first-order chi connectivity index (χ1) is 19.8. The number of hydrogen-bond acceptors (Lipinski definition) is 6. The molecule has 10 heteroatoms. The lowest BCUT2D eigenvalue weighted by atomic mass is 10.2. The molecular formula is C31H34FN3O5S. The van der Waals surface area contributed by atoms with Crippen LogP contribution in [0.4, 0.5) is 4.39 Å². The zero-order chi connectivity index (χ0) is 29.0. The van der Waals surface area contributed by atoms with E-state index in [1.54, 1.807) is 41.1 Å². The first kappa shape index (κ1) is 28.8. The average molecular weight is 580 g/mol. The minimum absolute atomic E-state index is 0.0136. The molecule has 1 atom stereocenters. The summed E-state index contributed by atoms with van der Waals surface area (Å²) in [6, 6.07) is 19.9. The minimum Gasteiger partial charge on any atom is -0.497 e. The van der Waals surface area contributed by atoms with Crippen molar-refractivity contribution in [2.45, 2.75) is 50.7 Å². The Balaban J connectivity index is 1.61. The number of aromatic nitrogens is 2. The Kier molecular flexibility index (Phi) is 8.72. The van der Waals surface area contributed by atoms with Gasteiger partial charge in [0, 0.05) is 19.7 Å². The van der Waals surface area contributed by atoms with Crippen molar-refractivity contribution in [2.24, 2.45) is 0 Å². The number of hydrogen-bond donors (Lipinski definition) is 0. The highest BCUT2D eigenvalue weighted by atomic mass is 32.2. The van der Waals surface area contributed by atoms with Crippen LogP contribution in [0.5, 0.6) is 17.4 Å². The van der Waals surface area contributed by atoms with E-state index in [9.17, 15) is 12.8 Å². The van der Waals surface area contributed by atoms with Gasteiger partial charge in [-0.25, -0.2) is 17.5 Å². The Morgan fingerprint density at radius 1 is 1.07 bits per heavy atom. The van der Waals surface area contributed by atoms with Crippen LogP contribution in [-0.2, 0) is 27.7 Å². The molecule has 1 aromatic heterocycles. The summed E-state index contributed by atoms with van der Waals surface area (Å²) in [4.78, 5) is 0.154. The molecule has 1 aliphatic heterocycles. The third-order valence-electron chi connectivity index (χ3n) is 7.09. The van der Waals surface area contributed by atoms with Gasteiger partial charge in [0.15, 0.2) is 0 Å². The van der Waals surface area contributed by atoms with E-state index >= 15 is 0 Å². The standard InChI is InChI=1S/C31H34FN3O5S/c1-4-30-29(21-34(20-27-9-6-18-39-27)41(36,37)28-16-14-25(38-3)15-17-28)31(40-26-8-5-7-22(2)19-26)35(33-30)24-12-10-23(32)11-13-24/h5,7-8,10-17,19,27H,4,6,9,18,20-21H2,1-3H3. The van der Waals surface area contributed by atoms with E-state index in [0.717, 1.165) is 18.4 Å². The highest BCUT2D eigenvalue weighted by Crippen LogP contribution is 2.34. The number of nitrogens with zero attached hydrogens (tertiary/aromatic N) is 3. The fraction of sp³-hybridized carbons (Fsp3) is 0.323. The third kappa shape index (κ3) is 6.45. The predicted octanol–water partition coefficient (Wildman–Crippen LogP) is 6.05. The Labute approximate surface area is 240 Å². The molecule has 2 heterocycles. The zero-order valence-corrected chi connectivity index (χ0v) is 24.2. The first-order valence-corrected chi connectivity index (χ1v) is 15.1. The van der Waals surface area contributed by atoms with Crippen LogP contribution >= 0.6 is 0 Å². The highest BCUT2D eigenvalue weighted by molar-refractivity contribution is 7.89. The van der Waals surface area contributed by atoms with Gasteiger partial charge in [-0.2, -0.15) is 9.40 Å². The molecule has 0 N–H and O–H groups in total. The normalized spacial score (nSPS) is 15.4. The Morgan fingerprint density at radius 2 is 1.83 bits per heavy atom. The molecule has 8 nitrogen and oxygen atoms in total. The molecule has 41 heavy (non-hydrogen) atoms. The number of methoxy groups -OCH3 is 1. The Morgan fingerprint density at radius 3 is 2.46 bits per heavy atom. The largest absolute Gasteiger partial charge is 0.497 e. The molecule has 0 spiro atoms. The number of aryl methyl sites for hydroxylation is 2. The molecule has 216 valence electrons. The maximum Gasteiger partial charge on any atom is 0.243 e. The molecule has 0 bridgehead atoms. The lowest BCUT2D eigenvalue weighted by molar-refractivity contribution is 0.0924. The fourth-order valence-electron chi connectivity index (χ4n) is 4.91. The smallest absolute Gasteiger partial charge is 0.243 e. The maximum atomic E-state index is 14.1. The van der Waals surface area contributed by atoms with Crippen LogP contribution in [0.2, 0.25) is 0 Å². The first-order valence-electron chi connectivity index (χ1n) is 13.7. The average Bonchev–Trinajstić information content (AvgIpc) is 3.61. The maximum absolute atomic E-state index is 14.1. The molecule has 3 aromatic carbocycles. The van der Waals surface area contributed by atoms with Crippen molar-refractivity contribution in [1.82, 2.24) is 14.1 Å². The van der Waals surface area contributed by atoms with Crippen LogP contribution in [0.1, 0.15) is 36.6 Å². The molecule has 1 unspecified atom stereocenters. The molecule has 0 saturated carbocycles. The molecule has 0 radical (unpaired) electrons. The summed E-state index contributed by atoms with van der Waals surface area (Å²) < 4.78 is 62.5. The molecule has 1 saturated heterocycles. The molecule has 4 aromatic rings. The number of halogens is 1. The number of sulfonamides is 1. The van der Waals surface area contributed by atoms with E-state index in [1.807, 2.05) is 38.1 Å². The number of ether oxygens (including phenoxy) is 3. The van der Waals surface area contributed by atoms with E-state index in [0.29, 0.717) is 47.4 Å². The van der Waals surface area contributed by atoms with Gasteiger partial charge in [-0.15, -0.1) is 0 Å². The van der Waals surface area contributed by atoms with Crippen LogP contribution < -0.4 is 9.47 Å². The van der Waals surface area contributed by atoms with E-state index < -0.39 is 10.0 Å². The second kappa shape index (κ2) is 12.4. The monoisotopic (exact) mass is 579 g/mol. The summed E-state index contributed by atoms with van der Waals surface area (Å²) in [5.41, 5.74) is 2.92. The van der Waals surface area contributed by atoms with Gasteiger partial charge < -0.3 is 14.2 Å². The third-order valence-corrected chi connectivity index (χ3v) is 8.92. The van der Waals surface area contributed by atoms with Crippen LogP contribution in [0.15, 0.2) is 77.7 Å².